The largest absolute Gasteiger partial charge is 0.494 e. The molecule has 0 bridgehead atoms. The van der Waals surface area contributed by atoms with Gasteiger partial charge in [0, 0.05) is 11.4 Å². The quantitative estimate of drug-likeness (QED) is 0.440. The number of aromatic nitrogens is 2. The minimum atomic E-state index is 0.463. The molecule has 0 atom stereocenters. The van der Waals surface area contributed by atoms with E-state index in [1.807, 2.05) is 36.4 Å². The highest BCUT2D eigenvalue weighted by atomic mass is 16.5. The average Bonchev–Trinajstić information content (AvgIpc) is 2.73. The normalized spacial score (nSPS) is 10.5. The molecule has 0 amide bonds. The lowest BCUT2D eigenvalue weighted by atomic mass is 10.1. The first-order valence-corrected chi connectivity index (χ1v) is 9.66. The summed E-state index contributed by atoms with van der Waals surface area (Å²) in [5.74, 6) is 1.98. The minimum Gasteiger partial charge on any atom is -0.494 e. The van der Waals surface area contributed by atoms with Crippen molar-refractivity contribution in [3.8, 4) is 5.75 Å². The highest BCUT2D eigenvalue weighted by Gasteiger charge is 2.09. The van der Waals surface area contributed by atoms with Gasteiger partial charge in [-0.05, 0) is 54.8 Å². The number of nitrogens with one attached hydrogen (secondary N) is 2. The van der Waals surface area contributed by atoms with Crippen LogP contribution in [-0.4, -0.2) is 16.6 Å². The van der Waals surface area contributed by atoms with Gasteiger partial charge in [-0.15, -0.1) is 0 Å². The number of benzene rings is 2. The number of nitrogens with zero attached hydrogens (tertiary/aromatic N) is 2. The molecule has 0 unspecified atom stereocenters. The molecular formula is C22H27N5O. The van der Waals surface area contributed by atoms with Gasteiger partial charge in [0.2, 0.25) is 0 Å². The van der Waals surface area contributed by atoms with Gasteiger partial charge in [0.1, 0.15) is 17.8 Å². The highest BCUT2D eigenvalue weighted by Crippen LogP contribution is 2.28. The number of ether oxygens (including phenoxy) is 1. The van der Waals surface area contributed by atoms with E-state index >= 15 is 0 Å². The number of hydrogen-bond donors (Lipinski definition) is 3. The number of rotatable bonds is 9. The highest BCUT2D eigenvalue weighted by molar-refractivity contribution is 5.80. The summed E-state index contributed by atoms with van der Waals surface area (Å²) in [6.07, 6.45) is 4.66. The molecule has 1 heterocycles. The van der Waals surface area contributed by atoms with Gasteiger partial charge < -0.3 is 21.1 Å². The fraction of sp³-hybridized carbons (Fsp3) is 0.273. The zero-order valence-electron chi connectivity index (χ0n) is 16.4. The van der Waals surface area contributed by atoms with E-state index in [1.54, 1.807) is 0 Å². The van der Waals surface area contributed by atoms with Crippen molar-refractivity contribution in [3.05, 3.63) is 60.4 Å². The molecule has 4 N–H and O–H groups in total. The lowest BCUT2D eigenvalue weighted by Crippen LogP contribution is -2.05. The van der Waals surface area contributed by atoms with E-state index in [0.717, 1.165) is 43.0 Å². The summed E-state index contributed by atoms with van der Waals surface area (Å²) in [4.78, 5) is 8.53. The first-order chi connectivity index (χ1) is 13.7. The van der Waals surface area contributed by atoms with Crippen LogP contribution in [0.1, 0.15) is 32.3 Å². The van der Waals surface area contributed by atoms with Gasteiger partial charge in [-0.25, -0.2) is 9.97 Å². The minimum absolute atomic E-state index is 0.463. The summed E-state index contributed by atoms with van der Waals surface area (Å²) in [5, 5.41) is 6.49. The summed E-state index contributed by atoms with van der Waals surface area (Å²) < 4.78 is 5.69. The van der Waals surface area contributed by atoms with Crippen LogP contribution in [0.2, 0.25) is 0 Å². The van der Waals surface area contributed by atoms with Gasteiger partial charge >= 0.3 is 0 Å². The standard InChI is InChI=1S/C22H27N5O/c1-3-5-14-28-19-12-10-18(11-13-19)27-22-20(23)21(24-15-25-22)26-17-8-6-16(4-2)7-9-17/h6-13,15H,3-5,14,23H2,1-2H3,(H2,24,25,26,27). The number of anilines is 5. The zero-order chi connectivity index (χ0) is 19.8. The monoisotopic (exact) mass is 377 g/mol. The third-order valence-electron chi connectivity index (χ3n) is 4.39. The summed E-state index contributed by atoms with van der Waals surface area (Å²) in [5.41, 5.74) is 9.83. The molecule has 0 fully saturated rings. The first-order valence-electron chi connectivity index (χ1n) is 9.66. The second kappa shape index (κ2) is 9.60. The molecule has 0 saturated carbocycles. The van der Waals surface area contributed by atoms with Crippen LogP contribution in [0.4, 0.5) is 28.7 Å². The molecule has 146 valence electrons. The van der Waals surface area contributed by atoms with E-state index in [0.29, 0.717) is 17.3 Å². The topological polar surface area (TPSA) is 85.1 Å². The van der Waals surface area contributed by atoms with Crippen molar-refractivity contribution >= 4 is 28.7 Å². The van der Waals surface area contributed by atoms with Crippen molar-refractivity contribution in [1.29, 1.82) is 0 Å². The lowest BCUT2D eigenvalue weighted by Gasteiger charge is -2.13. The summed E-state index contributed by atoms with van der Waals surface area (Å²) >= 11 is 0. The smallest absolute Gasteiger partial charge is 0.159 e. The molecule has 6 heteroatoms. The van der Waals surface area contributed by atoms with E-state index < -0.39 is 0 Å². The maximum Gasteiger partial charge on any atom is 0.159 e. The van der Waals surface area contributed by atoms with Crippen LogP contribution in [0.15, 0.2) is 54.9 Å². The van der Waals surface area contributed by atoms with Gasteiger partial charge in [0.05, 0.1) is 6.61 Å². The lowest BCUT2D eigenvalue weighted by molar-refractivity contribution is 0.309. The Morgan fingerprint density at radius 1 is 0.857 bits per heavy atom. The molecule has 0 saturated heterocycles. The molecule has 6 nitrogen and oxygen atoms in total. The van der Waals surface area contributed by atoms with E-state index in [-0.39, 0.29) is 0 Å². The number of unbranched alkanes of at least 4 members (excludes halogenated alkanes) is 1. The van der Waals surface area contributed by atoms with Crippen molar-refractivity contribution < 1.29 is 4.74 Å². The predicted molar refractivity (Wildman–Crippen MR) is 116 cm³/mol. The number of nitrogens with two attached hydrogens (primary N) is 1. The first kappa shape index (κ1) is 19.5. The van der Waals surface area contributed by atoms with Crippen molar-refractivity contribution in [1.82, 2.24) is 9.97 Å². The number of aryl methyl sites for hydroxylation is 1. The van der Waals surface area contributed by atoms with Crippen molar-refractivity contribution in [2.24, 2.45) is 0 Å². The van der Waals surface area contributed by atoms with Gasteiger partial charge in [0.25, 0.3) is 0 Å². The summed E-state index contributed by atoms with van der Waals surface area (Å²) in [6, 6.07) is 16.0. The van der Waals surface area contributed by atoms with Crippen molar-refractivity contribution in [2.75, 3.05) is 23.0 Å². The molecule has 1 aromatic heterocycles. The second-order valence-electron chi connectivity index (χ2n) is 6.51. The summed E-state index contributed by atoms with van der Waals surface area (Å²) in [6.45, 7) is 5.01. The number of nitrogen functional groups attached to an aromatic ring is 1. The summed E-state index contributed by atoms with van der Waals surface area (Å²) in [7, 11) is 0. The Labute approximate surface area is 166 Å². The van der Waals surface area contributed by atoms with Crippen LogP contribution in [-0.2, 0) is 6.42 Å². The second-order valence-corrected chi connectivity index (χ2v) is 6.51. The van der Waals surface area contributed by atoms with Crippen LogP contribution in [0.25, 0.3) is 0 Å². The van der Waals surface area contributed by atoms with Gasteiger partial charge in [0.15, 0.2) is 11.6 Å². The van der Waals surface area contributed by atoms with Gasteiger partial charge in [-0.3, -0.25) is 0 Å². The average molecular weight is 377 g/mol. The Balaban J connectivity index is 1.68. The number of hydrogen-bond acceptors (Lipinski definition) is 6. The van der Waals surface area contributed by atoms with Crippen LogP contribution >= 0.6 is 0 Å². The Morgan fingerprint density at radius 2 is 1.43 bits per heavy atom. The molecule has 3 aromatic rings. The van der Waals surface area contributed by atoms with Gasteiger partial charge in [-0.1, -0.05) is 32.4 Å². The van der Waals surface area contributed by atoms with E-state index in [1.165, 1.54) is 11.9 Å². The fourth-order valence-electron chi connectivity index (χ4n) is 2.66. The molecule has 0 aliphatic heterocycles. The van der Waals surface area contributed by atoms with Crippen LogP contribution in [0.5, 0.6) is 5.75 Å². The van der Waals surface area contributed by atoms with E-state index in [9.17, 15) is 0 Å². The molecule has 0 aliphatic rings. The predicted octanol–water partition coefficient (Wildman–Crippen LogP) is 5.29. The Morgan fingerprint density at radius 3 is 1.96 bits per heavy atom. The molecule has 0 spiro atoms. The molecule has 3 rings (SSSR count). The Hall–Kier alpha value is -3.28. The SMILES string of the molecule is CCCCOc1ccc(Nc2ncnc(Nc3ccc(CC)cc3)c2N)cc1. The van der Waals surface area contributed by atoms with Crippen LogP contribution in [0.3, 0.4) is 0 Å². The Bertz CT molecular complexity index is 878. The van der Waals surface area contributed by atoms with Gasteiger partial charge in [-0.2, -0.15) is 0 Å². The third-order valence-corrected chi connectivity index (χ3v) is 4.39. The van der Waals surface area contributed by atoms with Crippen LogP contribution < -0.4 is 21.1 Å². The van der Waals surface area contributed by atoms with Crippen LogP contribution in [0, 0.1) is 0 Å². The maximum absolute atomic E-state index is 6.27. The van der Waals surface area contributed by atoms with E-state index in [2.05, 4.69) is 46.6 Å². The molecule has 0 radical (unpaired) electrons. The third kappa shape index (κ3) is 5.13. The molecule has 28 heavy (non-hydrogen) atoms. The van der Waals surface area contributed by atoms with Crippen molar-refractivity contribution in [2.45, 2.75) is 33.1 Å². The zero-order valence-corrected chi connectivity index (χ0v) is 16.4. The molecular weight excluding hydrogens is 350 g/mol. The molecule has 2 aromatic carbocycles. The van der Waals surface area contributed by atoms with E-state index in [4.69, 9.17) is 10.5 Å². The molecule has 0 aliphatic carbocycles. The fourth-order valence-corrected chi connectivity index (χ4v) is 2.66. The Kier molecular flexibility index (Phi) is 6.68. The maximum atomic E-state index is 6.27. The van der Waals surface area contributed by atoms with Crippen molar-refractivity contribution in [3.63, 3.8) is 0 Å².